The third-order valence-electron chi connectivity index (χ3n) is 4.31. The first-order valence-electron chi connectivity index (χ1n) is 8.96. The number of amides is 2. The molecule has 6 nitrogen and oxygen atoms in total. The molecule has 0 aliphatic carbocycles. The van der Waals surface area contributed by atoms with E-state index in [1.54, 1.807) is 24.3 Å². The number of anilines is 4. The summed E-state index contributed by atoms with van der Waals surface area (Å²) in [6.07, 6.45) is -0.918. The summed E-state index contributed by atoms with van der Waals surface area (Å²) < 4.78 is 5.66. The minimum absolute atomic E-state index is 0.0653. The SMILES string of the molecule is O=C(C[C@@H]1Oc2ccccc2NC1=O)Nc1ccc(Nc2ccccc2)cc1. The van der Waals surface area contributed by atoms with Crippen molar-refractivity contribution in [3.8, 4) is 5.75 Å². The van der Waals surface area contributed by atoms with Gasteiger partial charge in [-0.25, -0.2) is 0 Å². The summed E-state index contributed by atoms with van der Waals surface area (Å²) in [6.45, 7) is 0. The van der Waals surface area contributed by atoms with Crippen molar-refractivity contribution >= 4 is 34.6 Å². The van der Waals surface area contributed by atoms with Crippen LogP contribution in [0.4, 0.5) is 22.7 Å². The normalized spacial score (nSPS) is 15.0. The number of rotatable bonds is 5. The van der Waals surface area contributed by atoms with Gasteiger partial charge in [0.15, 0.2) is 6.10 Å². The Morgan fingerprint density at radius 3 is 2.29 bits per heavy atom. The lowest BCUT2D eigenvalue weighted by Gasteiger charge is -2.25. The molecule has 3 aromatic carbocycles. The Morgan fingerprint density at radius 1 is 0.857 bits per heavy atom. The average molecular weight is 373 g/mol. The highest BCUT2D eigenvalue weighted by molar-refractivity contribution is 6.02. The van der Waals surface area contributed by atoms with Gasteiger partial charge in [0.25, 0.3) is 5.91 Å². The molecule has 0 spiro atoms. The van der Waals surface area contributed by atoms with Crippen LogP contribution >= 0.6 is 0 Å². The van der Waals surface area contributed by atoms with E-state index >= 15 is 0 Å². The lowest BCUT2D eigenvalue weighted by atomic mass is 10.1. The largest absolute Gasteiger partial charge is 0.478 e. The van der Waals surface area contributed by atoms with Gasteiger partial charge in [-0.05, 0) is 48.5 Å². The maximum absolute atomic E-state index is 12.3. The second-order valence-electron chi connectivity index (χ2n) is 6.41. The van der Waals surface area contributed by atoms with Crippen LogP contribution in [0, 0.1) is 0 Å². The number of nitrogens with one attached hydrogen (secondary N) is 3. The molecule has 1 aliphatic heterocycles. The van der Waals surface area contributed by atoms with Crippen molar-refractivity contribution in [2.45, 2.75) is 12.5 Å². The van der Waals surface area contributed by atoms with Gasteiger partial charge in [0.05, 0.1) is 12.1 Å². The third kappa shape index (κ3) is 4.12. The lowest BCUT2D eigenvalue weighted by Crippen LogP contribution is -2.39. The molecular formula is C22H19N3O3. The molecule has 4 rings (SSSR count). The van der Waals surface area contributed by atoms with Crippen LogP contribution in [0.1, 0.15) is 6.42 Å². The van der Waals surface area contributed by atoms with Gasteiger partial charge in [-0.2, -0.15) is 0 Å². The zero-order chi connectivity index (χ0) is 19.3. The first-order valence-corrected chi connectivity index (χ1v) is 8.96. The molecule has 1 heterocycles. The molecule has 6 heteroatoms. The van der Waals surface area contributed by atoms with Crippen molar-refractivity contribution < 1.29 is 14.3 Å². The first kappa shape index (κ1) is 17.6. The molecule has 0 saturated carbocycles. The van der Waals surface area contributed by atoms with E-state index in [2.05, 4.69) is 16.0 Å². The summed E-state index contributed by atoms with van der Waals surface area (Å²) in [6, 6.07) is 24.3. The smallest absolute Gasteiger partial charge is 0.266 e. The fourth-order valence-corrected chi connectivity index (χ4v) is 2.93. The van der Waals surface area contributed by atoms with Crippen LogP contribution in [0.15, 0.2) is 78.9 Å². The summed E-state index contributed by atoms with van der Waals surface area (Å²) in [5.74, 6) is -0.0456. The van der Waals surface area contributed by atoms with Gasteiger partial charge in [-0.3, -0.25) is 9.59 Å². The van der Waals surface area contributed by atoms with E-state index in [4.69, 9.17) is 4.74 Å². The molecule has 0 bridgehead atoms. The summed E-state index contributed by atoms with van der Waals surface area (Å²) in [7, 11) is 0. The Balaban J connectivity index is 1.34. The van der Waals surface area contributed by atoms with Crippen LogP contribution in [0.5, 0.6) is 5.75 Å². The standard InChI is InChI=1S/C22H19N3O3/c26-21(14-20-22(27)25-18-8-4-5-9-19(18)28-20)24-17-12-10-16(11-13-17)23-15-6-2-1-3-7-15/h1-13,20,23H,14H2,(H,24,26)(H,25,27)/t20-/m0/s1. The van der Waals surface area contributed by atoms with Crippen LogP contribution in [-0.4, -0.2) is 17.9 Å². The van der Waals surface area contributed by atoms with Crippen molar-refractivity contribution in [1.82, 2.24) is 0 Å². The lowest BCUT2D eigenvalue weighted by molar-refractivity contribution is -0.128. The number of carbonyl (C=O) groups excluding carboxylic acids is 2. The highest BCUT2D eigenvalue weighted by atomic mass is 16.5. The molecule has 0 aromatic heterocycles. The van der Waals surface area contributed by atoms with Gasteiger partial charge in [-0.15, -0.1) is 0 Å². The molecule has 1 aliphatic rings. The Kier molecular flexibility index (Phi) is 4.93. The van der Waals surface area contributed by atoms with Crippen molar-refractivity contribution in [2.75, 3.05) is 16.0 Å². The second kappa shape index (κ2) is 7.84. The van der Waals surface area contributed by atoms with E-state index < -0.39 is 6.10 Å². The highest BCUT2D eigenvalue weighted by Gasteiger charge is 2.29. The van der Waals surface area contributed by atoms with Gasteiger partial charge in [-0.1, -0.05) is 30.3 Å². The van der Waals surface area contributed by atoms with Crippen molar-refractivity contribution in [3.63, 3.8) is 0 Å². The minimum Gasteiger partial charge on any atom is -0.478 e. The van der Waals surface area contributed by atoms with Gasteiger partial charge < -0.3 is 20.7 Å². The fourth-order valence-electron chi connectivity index (χ4n) is 2.93. The summed E-state index contributed by atoms with van der Waals surface area (Å²) >= 11 is 0. The second-order valence-corrected chi connectivity index (χ2v) is 6.41. The summed E-state index contributed by atoms with van der Waals surface area (Å²) in [5.41, 5.74) is 3.17. The molecule has 1 atom stereocenters. The predicted molar refractivity (Wildman–Crippen MR) is 109 cm³/mol. The molecule has 0 fully saturated rings. The number of ether oxygens (including phenoxy) is 1. The molecular weight excluding hydrogens is 354 g/mol. The Bertz CT molecular complexity index is 987. The summed E-state index contributed by atoms with van der Waals surface area (Å²) in [5, 5.41) is 8.84. The topological polar surface area (TPSA) is 79.5 Å². The molecule has 3 N–H and O–H groups in total. The van der Waals surface area contributed by atoms with Gasteiger partial charge in [0.2, 0.25) is 5.91 Å². The molecule has 0 radical (unpaired) electrons. The number of benzene rings is 3. The Hall–Kier alpha value is -3.80. The van der Waals surface area contributed by atoms with Gasteiger partial charge >= 0.3 is 0 Å². The molecule has 0 saturated heterocycles. The Labute approximate surface area is 162 Å². The van der Waals surface area contributed by atoms with E-state index in [9.17, 15) is 9.59 Å². The van der Waals surface area contributed by atoms with E-state index in [1.165, 1.54) is 0 Å². The van der Waals surface area contributed by atoms with Crippen LogP contribution < -0.4 is 20.7 Å². The van der Waals surface area contributed by atoms with E-state index in [0.29, 0.717) is 17.1 Å². The number of para-hydroxylation sites is 3. The summed E-state index contributed by atoms with van der Waals surface area (Å²) in [4.78, 5) is 24.5. The number of fused-ring (bicyclic) bond motifs is 1. The van der Waals surface area contributed by atoms with Crippen LogP contribution in [0.25, 0.3) is 0 Å². The average Bonchev–Trinajstić information content (AvgIpc) is 2.71. The molecule has 140 valence electrons. The molecule has 2 amide bonds. The number of hydrogen-bond acceptors (Lipinski definition) is 4. The van der Waals surface area contributed by atoms with E-state index in [0.717, 1.165) is 11.4 Å². The molecule has 0 unspecified atom stereocenters. The zero-order valence-corrected chi connectivity index (χ0v) is 15.0. The number of carbonyl (C=O) groups is 2. The van der Waals surface area contributed by atoms with Crippen molar-refractivity contribution in [3.05, 3.63) is 78.9 Å². The third-order valence-corrected chi connectivity index (χ3v) is 4.31. The molecule has 3 aromatic rings. The van der Waals surface area contributed by atoms with Crippen molar-refractivity contribution in [1.29, 1.82) is 0 Å². The van der Waals surface area contributed by atoms with Crippen molar-refractivity contribution in [2.24, 2.45) is 0 Å². The molecule has 28 heavy (non-hydrogen) atoms. The monoisotopic (exact) mass is 373 g/mol. The maximum atomic E-state index is 12.3. The van der Waals surface area contributed by atoms with E-state index in [-0.39, 0.29) is 18.2 Å². The Morgan fingerprint density at radius 2 is 1.50 bits per heavy atom. The van der Waals surface area contributed by atoms with Crippen LogP contribution in [0.2, 0.25) is 0 Å². The predicted octanol–water partition coefficient (Wildman–Crippen LogP) is 4.16. The van der Waals surface area contributed by atoms with Gasteiger partial charge in [0, 0.05) is 17.1 Å². The fraction of sp³-hybridized carbons (Fsp3) is 0.0909. The van der Waals surface area contributed by atoms with Gasteiger partial charge in [0.1, 0.15) is 5.75 Å². The highest BCUT2D eigenvalue weighted by Crippen LogP contribution is 2.29. The van der Waals surface area contributed by atoms with Crippen LogP contribution in [-0.2, 0) is 9.59 Å². The van der Waals surface area contributed by atoms with Crippen LogP contribution in [0.3, 0.4) is 0 Å². The maximum Gasteiger partial charge on any atom is 0.266 e. The first-order chi connectivity index (χ1) is 13.7. The number of hydrogen-bond donors (Lipinski definition) is 3. The minimum atomic E-state index is -0.853. The van der Waals surface area contributed by atoms with E-state index in [1.807, 2.05) is 54.6 Å². The quantitative estimate of drug-likeness (QED) is 0.627. The zero-order valence-electron chi connectivity index (χ0n) is 15.0.